The van der Waals surface area contributed by atoms with E-state index >= 15 is 0 Å². The van der Waals surface area contributed by atoms with Crippen LogP contribution in [0.1, 0.15) is 26.7 Å². The topological polar surface area (TPSA) is 93.7 Å². The lowest BCUT2D eigenvalue weighted by Gasteiger charge is -2.29. The molecule has 4 heterocycles. The molecule has 1 aromatic heterocycles. The molecule has 0 saturated carbocycles. The molecule has 1 spiro atoms. The number of fused-ring (bicyclic) bond motifs is 1. The van der Waals surface area contributed by atoms with Gasteiger partial charge in [-0.1, -0.05) is 13.8 Å². The number of nitrogens with zero attached hydrogens (tertiary/aromatic N) is 3. The molecule has 3 aliphatic heterocycles. The predicted octanol–water partition coefficient (Wildman–Crippen LogP) is 1.04. The minimum atomic E-state index is -3.25. The molecule has 27 heavy (non-hydrogen) atoms. The zero-order valence-corrected chi connectivity index (χ0v) is 16.9. The van der Waals surface area contributed by atoms with Crippen LogP contribution >= 0.6 is 0 Å². The summed E-state index contributed by atoms with van der Waals surface area (Å²) in [7, 11) is -1.66. The molecule has 3 saturated heterocycles. The summed E-state index contributed by atoms with van der Waals surface area (Å²) in [5.41, 5.74) is -0.192. The molecule has 3 fully saturated rings. The summed E-state index contributed by atoms with van der Waals surface area (Å²) in [5, 5.41) is 0. The van der Waals surface area contributed by atoms with Crippen LogP contribution in [0.15, 0.2) is 12.4 Å². The van der Waals surface area contributed by atoms with Gasteiger partial charge in [0.25, 0.3) is 0 Å². The van der Waals surface area contributed by atoms with E-state index in [4.69, 9.17) is 9.47 Å². The van der Waals surface area contributed by atoms with Gasteiger partial charge in [-0.2, -0.15) is 0 Å². The number of methoxy groups -OCH3 is 1. The lowest BCUT2D eigenvalue weighted by Crippen LogP contribution is -2.42. The van der Waals surface area contributed by atoms with Crippen LogP contribution in [0.4, 0.5) is 5.95 Å². The smallest absolute Gasteiger partial charge is 0.225 e. The highest BCUT2D eigenvalue weighted by Gasteiger charge is 2.63. The Kier molecular flexibility index (Phi) is 4.80. The number of nitrogens with one attached hydrogen (secondary N) is 1. The molecule has 0 unspecified atom stereocenters. The summed E-state index contributed by atoms with van der Waals surface area (Å²) < 4.78 is 38.8. The molecule has 1 N–H and O–H groups in total. The van der Waals surface area contributed by atoms with Crippen LogP contribution in [0.2, 0.25) is 0 Å². The molecule has 9 heteroatoms. The van der Waals surface area contributed by atoms with E-state index in [1.165, 1.54) is 0 Å². The zero-order chi connectivity index (χ0) is 19.2. The highest BCUT2D eigenvalue weighted by Crippen LogP contribution is 2.55. The van der Waals surface area contributed by atoms with Gasteiger partial charge in [0.05, 0.1) is 43.5 Å². The van der Waals surface area contributed by atoms with E-state index in [1.54, 1.807) is 19.5 Å². The standard InChI is InChI=1S/C18H28N4O4S/c1-12(2)10-27(23,24)21-8-14-15-9-22(11-18(15)5-4-16(14)26-18)17-19-6-13(25-3)7-20-17/h6-7,12,14-16,21H,4-5,8-11H2,1-3H3/t14-,15+,16+,18+/m0/s1. The van der Waals surface area contributed by atoms with Crippen LogP contribution in [-0.2, 0) is 14.8 Å². The van der Waals surface area contributed by atoms with E-state index < -0.39 is 10.0 Å². The average molecular weight is 397 g/mol. The number of rotatable bonds is 7. The molecule has 0 aliphatic carbocycles. The van der Waals surface area contributed by atoms with Gasteiger partial charge in [0.2, 0.25) is 16.0 Å². The Morgan fingerprint density at radius 3 is 2.81 bits per heavy atom. The summed E-state index contributed by atoms with van der Waals surface area (Å²) in [5.74, 6) is 2.07. The first-order valence-corrected chi connectivity index (χ1v) is 11.2. The van der Waals surface area contributed by atoms with Gasteiger partial charge in [0.1, 0.15) is 0 Å². The minimum absolute atomic E-state index is 0.110. The second-order valence-corrected chi connectivity index (χ2v) is 10.2. The van der Waals surface area contributed by atoms with Crippen molar-refractivity contribution in [2.24, 2.45) is 17.8 Å². The van der Waals surface area contributed by atoms with Crippen molar-refractivity contribution in [2.75, 3.05) is 37.4 Å². The fourth-order valence-corrected chi connectivity index (χ4v) is 6.36. The van der Waals surface area contributed by atoms with E-state index in [2.05, 4.69) is 19.6 Å². The third kappa shape index (κ3) is 3.52. The maximum absolute atomic E-state index is 12.2. The van der Waals surface area contributed by atoms with Crippen molar-refractivity contribution in [2.45, 2.75) is 38.4 Å². The summed E-state index contributed by atoms with van der Waals surface area (Å²) in [6, 6.07) is 0. The number of hydrogen-bond donors (Lipinski definition) is 1. The third-order valence-corrected chi connectivity index (χ3v) is 7.72. The van der Waals surface area contributed by atoms with E-state index in [0.717, 1.165) is 25.9 Å². The largest absolute Gasteiger partial charge is 0.494 e. The van der Waals surface area contributed by atoms with Crippen molar-refractivity contribution in [1.29, 1.82) is 0 Å². The molecule has 4 atom stereocenters. The van der Waals surface area contributed by atoms with Crippen LogP contribution in [-0.4, -0.2) is 62.6 Å². The minimum Gasteiger partial charge on any atom is -0.494 e. The van der Waals surface area contributed by atoms with Crippen LogP contribution in [0, 0.1) is 17.8 Å². The van der Waals surface area contributed by atoms with Crippen molar-refractivity contribution in [1.82, 2.24) is 14.7 Å². The Morgan fingerprint density at radius 2 is 2.15 bits per heavy atom. The molecule has 2 bridgehead atoms. The normalized spacial score (nSPS) is 32.3. The fraction of sp³-hybridized carbons (Fsp3) is 0.778. The van der Waals surface area contributed by atoms with Crippen molar-refractivity contribution >= 4 is 16.0 Å². The Labute approximate surface area is 160 Å². The van der Waals surface area contributed by atoms with Crippen molar-refractivity contribution in [3.05, 3.63) is 12.4 Å². The van der Waals surface area contributed by atoms with Gasteiger partial charge in [0, 0.05) is 24.9 Å². The van der Waals surface area contributed by atoms with Gasteiger partial charge >= 0.3 is 0 Å². The van der Waals surface area contributed by atoms with Gasteiger partial charge in [-0.25, -0.2) is 23.1 Å². The first-order chi connectivity index (χ1) is 12.8. The van der Waals surface area contributed by atoms with Crippen molar-refractivity contribution in [3.63, 3.8) is 0 Å². The SMILES string of the molecule is COc1cnc(N2C[C@@H]3[C@H](CNS(=O)(=O)CC(C)C)[C@H]4CC[C@]3(C2)O4)nc1. The number of anilines is 1. The Balaban J connectivity index is 1.46. The van der Waals surface area contributed by atoms with Crippen molar-refractivity contribution in [3.8, 4) is 5.75 Å². The Bertz CT molecular complexity index is 785. The molecule has 0 aromatic carbocycles. The molecule has 8 nitrogen and oxygen atoms in total. The molecular weight excluding hydrogens is 368 g/mol. The fourth-order valence-electron chi connectivity index (χ4n) is 4.91. The van der Waals surface area contributed by atoms with Crippen LogP contribution in [0.25, 0.3) is 0 Å². The molecule has 4 rings (SSSR count). The summed E-state index contributed by atoms with van der Waals surface area (Å²) in [4.78, 5) is 11.0. The summed E-state index contributed by atoms with van der Waals surface area (Å²) in [6.45, 7) is 5.83. The monoisotopic (exact) mass is 396 g/mol. The average Bonchev–Trinajstić information content (AvgIpc) is 3.27. The summed E-state index contributed by atoms with van der Waals surface area (Å²) >= 11 is 0. The van der Waals surface area contributed by atoms with Gasteiger partial charge in [-0.05, 0) is 18.8 Å². The van der Waals surface area contributed by atoms with Crippen molar-refractivity contribution < 1.29 is 17.9 Å². The molecule has 150 valence electrons. The Morgan fingerprint density at radius 1 is 1.41 bits per heavy atom. The quantitative estimate of drug-likeness (QED) is 0.736. The van der Waals surface area contributed by atoms with Gasteiger partial charge in [-0.15, -0.1) is 0 Å². The maximum Gasteiger partial charge on any atom is 0.225 e. The van der Waals surface area contributed by atoms with Gasteiger partial charge in [0.15, 0.2) is 5.75 Å². The van der Waals surface area contributed by atoms with E-state index in [-0.39, 0.29) is 29.3 Å². The first-order valence-electron chi connectivity index (χ1n) is 9.58. The van der Waals surface area contributed by atoms with Gasteiger partial charge < -0.3 is 14.4 Å². The van der Waals surface area contributed by atoms with Crippen LogP contribution < -0.4 is 14.4 Å². The van der Waals surface area contributed by atoms with E-state index in [0.29, 0.717) is 24.2 Å². The number of ether oxygens (including phenoxy) is 2. The number of hydrogen-bond acceptors (Lipinski definition) is 7. The highest BCUT2D eigenvalue weighted by atomic mass is 32.2. The predicted molar refractivity (Wildman–Crippen MR) is 101 cm³/mol. The van der Waals surface area contributed by atoms with Gasteiger partial charge in [-0.3, -0.25) is 0 Å². The molecule has 0 amide bonds. The molecule has 1 aromatic rings. The molecule has 0 radical (unpaired) electrons. The lowest BCUT2D eigenvalue weighted by atomic mass is 9.74. The second kappa shape index (κ2) is 6.86. The highest BCUT2D eigenvalue weighted by molar-refractivity contribution is 7.89. The molecular formula is C18H28N4O4S. The van der Waals surface area contributed by atoms with E-state index in [1.807, 2.05) is 13.8 Å². The lowest BCUT2D eigenvalue weighted by molar-refractivity contribution is 0.0141. The molecule has 3 aliphatic rings. The first kappa shape index (κ1) is 18.9. The zero-order valence-electron chi connectivity index (χ0n) is 16.1. The Hall–Kier alpha value is -1.45. The summed E-state index contributed by atoms with van der Waals surface area (Å²) in [6.07, 6.45) is 5.50. The maximum atomic E-state index is 12.2. The van der Waals surface area contributed by atoms with E-state index in [9.17, 15) is 8.42 Å². The van der Waals surface area contributed by atoms with Crippen LogP contribution in [0.3, 0.4) is 0 Å². The van der Waals surface area contributed by atoms with Crippen LogP contribution in [0.5, 0.6) is 5.75 Å². The number of aromatic nitrogens is 2. The third-order valence-electron chi connectivity index (χ3n) is 6.01. The number of sulfonamides is 1. The second-order valence-electron chi connectivity index (χ2n) is 8.36.